The van der Waals surface area contributed by atoms with Gasteiger partial charge in [-0.05, 0) is 43.2 Å². The Hall–Kier alpha value is -2.44. The minimum Gasteiger partial charge on any atom is -0.355 e. The molecule has 4 rings (SSSR count). The molecule has 2 aliphatic heterocycles. The van der Waals surface area contributed by atoms with E-state index in [1.54, 1.807) is 6.20 Å². The molecule has 0 saturated carbocycles. The van der Waals surface area contributed by atoms with Crippen molar-refractivity contribution < 1.29 is 14.3 Å². The lowest BCUT2D eigenvalue weighted by Crippen LogP contribution is -2.47. The molecule has 2 saturated heterocycles. The second-order valence-electron chi connectivity index (χ2n) is 7.27. The van der Waals surface area contributed by atoms with E-state index in [-0.39, 0.29) is 5.91 Å². The standard InChI is InChI=1S/C21H25N3O3/c1-15-3-4-16(2)18(13-15)23-17-5-8-22-19(14-17)20(25)24-9-6-21(7-10-24)26-11-12-27-21/h3-5,8,13-14H,6-7,9-12H2,1-2H3,(H,22,23). The SMILES string of the molecule is Cc1ccc(C)c(Nc2ccnc(C(=O)N3CCC4(CC3)OCCO4)c2)c1. The van der Waals surface area contributed by atoms with E-state index in [4.69, 9.17) is 9.47 Å². The van der Waals surface area contributed by atoms with Gasteiger partial charge in [-0.3, -0.25) is 9.78 Å². The normalized spacial score (nSPS) is 18.7. The molecule has 0 atom stereocenters. The highest BCUT2D eigenvalue weighted by atomic mass is 16.7. The molecule has 0 radical (unpaired) electrons. The van der Waals surface area contributed by atoms with Gasteiger partial charge in [-0.15, -0.1) is 0 Å². The van der Waals surface area contributed by atoms with Gasteiger partial charge in [0.2, 0.25) is 0 Å². The van der Waals surface area contributed by atoms with Gasteiger partial charge < -0.3 is 19.7 Å². The first-order valence-corrected chi connectivity index (χ1v) is 9.42. The van der Waals surface area contributed by atoms with Gasteiger partial charge in [-0.2, -0.15) is 0 Å². The van der Waals surface area contributed by atoms with Crippen molar-refractivity contribution in [3.8, 4) is 0 Å². The molecule has 0 bridgehead atoms. The number of piperidine rings is 1. The number of hydrogen-bond donors (Lipinski definition) is 1. The summed E-state index contributed by atoms with van der Waals surface area (Å²) in [4.78, 5) is 19.0. The van der Waals surface area contributed by atoms with E-state index < -0.39 is 5.79 Å². The summed E-state index contributed by atoms with van der Waals surface area (Å²) in [5.41, 5.74) is 4.69. The first kappa shape index (κ1) is 17.9. The zero-order valence-corrected chi connectivity index (χ0v) is 15.8. The van der Waals surface area contributed by atoms with Crippen molar-refractivity contribution in [3.05, 3.63) is 53.3 Å². The number of carbonyl (C=O) groups is 1. The van der Waals surface area contributed by atoms with Gasteiger partial charge >= 0.3 is 0 Å². The number of hydrogen-bond acceptors (Lipinski definition) is 5. The van der Waals surface area contributed by atoms with Gasteiger partial charge in [0, 0.05) is 43.5 Å². The van der Waals surface area contributed by atoms with Crippen molar-refractivity contribution in [1.82, 2.24) is 9.88 Å². The number of aromatic nitrogens is 1. The zero-order valence-electron chi connectivity index (χ0n) is 15.8. The molecule has 2 aliphatic rings. The molecule has 2 aromatic rings. The van der Waals surface area contributed by atoms with Crippen LogP contribution in [0.1, 0.15) is 34.5 Å². The Morgan fingerprint density at radius 2 is 1.85 bits per heavy atom. The lowest BCUT2D eigenvalue weighted by Gasteiger charge is -2.37. The van der Waals surface area contributed by atoms with Crippen LogP contribution in [0.15, 0.2) is 36.5 Å². The third-order valence-corrected chi connectivity index (χ3v) is 5.28. The van der Waals surface area contributed by atoms with Gasteiger partial charge in [-0.25, -0.2) is 0 Å². The Bertz CT molecular complexity index is 836. The molecule has 1 aromatic heterocycles. The summed E-state index contributed by atoms with van der Waals surface area (Å²) in [5, 5.41) is 3.40. The fourth-order valence-electron chi connectivity index (χ4n) is 3.65. The number of benzene rings is 1. The van der Waals surface area contributed by atoms with Crippen LogP contribution in [0.2, 0.25) is 0 Å². The summed E-state index contributed by atoms with van der Waals surface area (Å²) in [6.07, 6.45) is 3.09. The lowest BCUT2D eigenvalue weighted by molar-refractivity contribution is -0.181. The van der Waals surface area contributed by atoms with E-state index in [1.807, 2.05) is 17.0 Å². The van der Waals surface area contributed by atoms with Gasteiger partial charge in [-0.1, -0.05) is 12.1 Å². The summed E-state index contributed by atoms with van der Waals surface area (Å²) < 4.78 is 11.5. The van der Waals surface area contributed by atoms with Crippen LogP contribution in [0.5, 0.6) is 0 Å². The summed E-state index contributed by atoms with van der Waals surface area (Å²) in [5.74, 6) is -0.525. The van der Waals surface area contributed by atoms with Crippen LogP contribution in [-0.2, 0) is 9.47 Å². The Kier molecular flexibility index (Phi) is 4.85. The van der Waals surface area contributed by atoms with Crippen LogP contribution >= 0.6 is 0 Å². The summed E-state index contributed by atoms with van der Waals surface area (Å²) in [7, 11) is 0. The zero-order chi connectivity index (χ0) is 18.9. The molecule has 1 aromatic carbocycles. The number of amides is 1. The third kappa shape index (κ3) is 3.82. The van der Waals surface area contributed by atoms with Gasteiger partial charge in [0.25, 0.3) is 5.91 Å². The van der Waals surface area contributed by atoms with Crippen molar-refractivity contribution in [2.75, 3.05) is 31.6 Å². The van der Waals surface area contributed by atoms with E-state index in [0.29, 0.717) is 44.8 Å². The number of anilines is 2. The Balaban J connectivity index is 1.46. The maximum atomic E-state index is 12.9. The molecule has 1 amide bonds. The molecule has 142 valence electrons. The fourth-order valence-corrected chi connectivity index (χ4v) is 3.65. The van der Waals surface area contributed by atoms with Crippen molar-refractivity contribution in [2.24, 2.45) is 0 Å². The van der Waals surface area contributed by atoms with Crippen LogP contribution in [0.4, 0.5) is 11.4 Å². The van der Waals surface area contributed by atoms with Crippen LogP contribution in [0, 0.1) is 13.8 Å². The molecule has 0 aliphatic carbocycles. The Morgan fingerprint density at radius 3 is 2.59 bits per heavy atom. The highest BCUT2D eigenvalue weighted by Crippen LogP contribution is 2.31. The van der Waals surface area contributed by atoms with Gasteiger partial charge in [0.15, 0.2) is 5.79 Å². The molecule has 3 heterocycles. The van der Waals surface area contributed by atoms with E-state index in [0.717, 1.165) is 16.9 Å². The minimum absolute atomic E-state index is 0.0486. The monoisotopic (exact) mass is 367 g/mol. The molecular formula is C21H25N3O3. The molecule has 1 N–H and O–H groups in total. The van der Waals surface area contributed by atoms with Gasteiger partial charge in [0.05, 0.1) is 13.2 Å². The average Bonchev–Trinajstić information content (AvgIpc) is 3.13. The molecule has 1 spiro atoms. The second kappa shape index (κ2) is 7.29. The highest BCUT2D eigenvalue weighted by Gasteiger charge is 2.41. The topological polar surface area (TPSA) is 63.7 Å². The molecule has 0 unspecified atom stereocenters. The molecular weight excluding hydrogens is 342 g/mol. The van der Waals surface area contributed by atoms with Crippen molar-refractivity contribution in [1.29, 1.82) is 0 Å². The molecule has 6 heteroatoms. The predicted octanol–water partition coefficient (Wildman–Crippen LogP) is 3.42. The summed E-state index contributed by atoms with van der Waals surface area (Å²) in [6.45, 7) is 6.65. The first-order chi connectivity index (χ1) is 13.0. The quantitative estimate of drug-likeness (QED) is 0.901. The number of ether oxygens (including phenoxy) is 2. The average molecular weight is 367 g/mol. The molecule has 27 heavy (non-hydrogen) atoms. The second-order valence-corrected chi connectivity index (χ2v) is 7.27. The number of nitrogens with one attached hydrogen (secondary N) is 1. The summed E-state index contributed by atoms with van der Waals surface area (Å²) in [6, 6.07) is 9.97. The maximum Gasteiger partial charge on any atom is 0.272 e. The van der Waals surface area contributed by atoms with Crippen molar-refractivity contribution in [2.45, 2.75) is 32.5 Å². The number of aryl methyl sites for hydroxylation is 2. The van der Waals surface area contributed by atoms with Gasteiger partial charge in [0.1, 0.15) is 5.69 Å². The lowest BCUT2D eigenvalue weighted by atomic mass is 10.0. The van der Waals surface area contributed by atoms with Crippen LogP contribution in [0.3, 0.4) is 0 Å². The van der Waals surface area contributed by atoms with Crippen LogP contribution < -0.4 is 5.32 Å². The van der Waals surface area contributed by atoms with E-state index in [1.165, 1.54) is 5.56 Å². The predicted molar refractivity (Wildman–Crippen MR) is 103 cm³/mol. The van der Waals surface area contributed by atoms with Crippen LogP contribution in [-0.4, -0.2) is 47.9 Å². The maximum absolute atomic E-state index is 12.9. The Morgan fingerprint density at radius 1 is 1.11 bits per heavy atom. The highest BCUT2D eigenvalue weighted by molar-refractivity contribution is 5.93. The van der Waals surface area contributed by atoms with E-state index in [9.17, 15) is 4.79 Å². The molecule has 6 nitrogen and oxygen atoms in total. The number of likely N-dealkylation sites (tertiary alicyclic amines) is 1. The van der Waals surface area contributed by atoms with Crippen molar-refractivity contribution in [3.63, 3.8) is 0 Å². The Labute approximate surface area is 159 Å². The van der Waals surface area contributed by atoms with E-state index in [2.05, 4.69) is 42.3 Å². The van der Waals surface area contributed by atoms with E-state index >= 15 is 0 Å². The molecule has 2 fully saturated rings. The number of pyridine rings is 1. The first-order valence-electron chi connectivity index (χ1n) is 9.42. The largest absolute Gasteiger partial charge is 0.355 e. The third-order valence-electron chi connectivity index (χ3n) is 5.28. The number of carbonyl (C=O) groups excluding carboxylic acids is 1. The summed E-state index contributed by atoms with van der Waals surface area (Å²) >= 11 is 0. The fraction of sp³-hybridized carbons (Fsp3) is 0.429. The number of nitrogens with zero attached hydrogens (tertiary/aromatic N) is 2. The smallest absolute Gasteiger partial charge is 0.272 e. The minimum atomic E-state index is -0.476. The van der Waals surface area contributed by atoms with Crippen LogP contribution in [0.25, 0.3) is 0 Å². The van der Waals surface area contributed by atoms with Crippen molar-refractivity contribution >= 4 is 17.3 Å². The number of rotatable bonds is 3.